The SMILES string of the molecule is O=C(O)c1n[nH]c2ccc(F)c(Cl)c12. The molecule has 1 aromatic carbocycles. The van der Waals surface area contributed by atoms with Gasteiger partial charge in [0.05, 0.1) is 15.9 Å². The second kappa shape index (κ2) is 2.95. The molecule has 0 spiro atoms. The minimum absolute atomic E-state index is 0.0965. The van der Waals surface area contributed by atoms with Crippen LogP contribution in [0.2, 0.25) is 5.02 Å². The van der Waals surface area contributed by atoms with Crippen molar-refractivity contribution in [1.82, 2.24) is 10.2 Å². The average Bonchev–Trinajstić information content (AvgIpc) is 2.55. The number of nitrogens with one attached hydrogen (secondary N) is 1. The van der Waals surface area contributed by atoms with E-state index >= 15 is 0 Å². The van der Waals surface area contributed by atoms with Gasteiger partial charge in [0.2, 0.25) is 0 Å². The summed E-state index contributed by atoms with van der Waals surface area (Å²) in [5, 5.41) is 14.6. The first-order chi connectivity index (χ1) is 6.61. The van der Waals surface area contributed by atoms with E-state index in [4.69, 9.17) is 16.7 Å². The zero-order valence-corrected chi connectivity index (χ0v) is 7.47. The molecule has 0 amide bonds. The summed E-state index contributed by atoms with van der Waals surface area (Å²) in [4.78, 5) is 10.7. The highest BCUT2D eigenvalue weighted by Gasteiger charge is 2.17. The van der Waals surface area contributed by atoms with E-state index in [1.54, 1.807) is 0 Å². The lowest BCUT2D eigenvalue weighted by atomic mass is 10.2. The van der Waals surface area contributed by atoms with Crippen LogP contribution in [-0.4, -0.2) is 21.3 Å². The van der Waals surface area contributed by atoms with Crippen molar-refractivity contribution in [2.75, 3.05) is 0 Å². The zero-order valence-electron chi connectivity index (χ0n) is 6.71. The van der Waals surface area contributed by atoms with E-state index in [0.29, 0.717) is 5.52 Å². The maximum absolute atomic E-state index is 13.0. The van der Waals surface area contributed by atoms with Gasteiger partial charge in [-0.1, -0.05) is 11.6 Å². The lowest BCUT2D eigenvalue weighted by molar-refractivity contribution is 0.0692. The molecule has 1 aromatic heterocycles. The summed E-state index contributed by atoms with van der Waals surface area (Å²) in [5.41, 5.74) is 0.123. The molecule has 0 aliphatic carbocycles. The van der Waals surface area contributed by atoms with E-state index in [2.05, 4.69) is 10.2 Å². The molecule has 0 bridgehead atoms. The van der Waals surface area contributed by atoms with Crippen molar-refractivity contribution in [3.8, 4) is 0 Å². The Hall–Kier alpha value is -1.62. The molecule has 0 radical (unpaired) electrons. The number of carboxylic acid groups (broad SMARTS) is 1. The van der Waals surface area contributed by atoms with Gasteiger partial charge in [-0.05, 0) is 12.1 Å². The minimum atomic E-state index is -1.25. The third kappa shape index (κ3) is 1.13. The highest BCUT2D eigenvalue weighted by Crippen LogP contribution is 2.27. The van der Waals surface area contributed by atoms with Crippen LogP contribution in [0.15, 0.2) is 12.1 Å². The van der Waals surface area contributed by atoms with Crippen LogP contribution in [0.5, 0.6) is 0 Å². The maximum atomic E-state index is 13.0. The fourth-order valence-corrected chi connectivity index (χ4v) is 1.46. The molecule has 2 aromatic rings. The molecule has 0 saturated carbocycles. The standard InChI is InChI=1S/C8H4ClFN2O2/c9-6-3(10)1-2-4-5(6)7(8(13)14)12-11-4/h1-2H,(H,11,12)(H,13,14). The molecule has 0 saturated heterocycles. The van der Waals surface area contributed by atoms with Gasteiger partial charge in [-0.3, -0.25) is 5.10 Å². The van der Waals surface area contributed by atoms with E-state index in [9.17, 15) is 9.18 Å². The van der Waals surface area contributed by atoms with E-state index < -0.39 is 11.8 Å². The third-order valence-electron chi connectivity index (χ3n) is 1.82. The topological polar surface area (TPSA) is 66.0 Å². The molecule has 0 aliphatic heterocycles. The first-order valence-electron chi connectivity index (χ1n) is 3.66. The highest BCUT2D eigenvalue weighted by atomic mass is 35.5. The monoisotopic (exact) mass is 214 g/mol. The smallest absolute Gasteiger partial charge is 0.357 e. The summed E-state index contributed by atoms with van der Waals surface area (Å²) in [6, 6.07) is 2.53. The Kier molecular flexibility index (Phi) is 1.89. The number of hydrogen-bond donors (Lipinski definition) is 2. The Morgan fingerprint density at radius 2 is 2.29 bits per heavy atom. The van der Waals surface area contributed by atoms with Gasteiger partial charge in [-0.25, -0.2) is 9.18 Å². The van der Waals surface area contributed by atoms with Gasteiger partial charge >= 0.3 is 5.97 Å². The molecule has 2 N–H and O–H groups in total. The molecule has 0 fully saturated rings. The van der Waals surface area contributed by atoms with Gasteiger partial charge in [0, 0.05) is 0 Å². The molecule has 0 atom stereocenters. The van der Waals surface area contributed by atoms with Crippen LogP contribution in [0, 0.1) is 5.82 Å². The fraction of sp³-hybridized carbons (Fsp3) is 0. The summed E-state index contributed by atoms with van der Waals surface area (Å²) < 4.78 is 13.0. The first kappa shape index (κ1) is 8.96. The number of carbonyl (C=O) groups is 1. The summed E-state index contributed by atoms with van der Waals surface area (Å²) in [7, 11) is 0. The Morgan fingerprint density at radius 1 is 1.57 bits per heavy atom. The van der Waals surface area contributed by atoms with Crippen molar-refractivity contribution in [1.29, 1.82) is 0 Å². The molecule has 4 nitrogen and oxygen atoms in total. The van der Waals surface area contributed by atoms with Gasteiger partial charge in [-0.2, -0.15) is 5.10 Å². The number of benzene rings is 1. The molecule has 14 heavy (non-hydrogen) atoms. The molecule has 6 heteroatoms. The number of aromatic amines is 1. The van der Waals surface area contributed by atoms with Crippen LogP contribution < -0.4 is 0 Å². The number of H-pyrrole nitrogens is 1. The fourth-order valence-electron chi connectivity index (χ4n) is 1.20. The lowest BCUT2D eigenvalue weighted by Gasteiger charge is -1.95. The Bertz CT molecular complexity index is 523. The maximum Gasteiger partial charge on any atom is 0.357 e. The number of nitrogens with zero attached hydrogens (tertiary/aromatic N) is 1. The van der Waals surface area contributed by atoms with Gasteiger partial charge < -0.3 is 5.11 Å². The van der Waals surface area contributed by atoms with Crippen LogP contribution in [0.4, 0.5) is 4.39 Å². The van der Waals surface area contributed by atoms with Crippen molar-refractivity contribution in [2.24, 2.45) is 0 Å². The summed E-state index contributed by atoms with van der Waals surface area (Å²) in [6.07, 6.45) is 0. The average molecular weight is 215 g/mol. The van der Waals surface area contributed by atoms with E-state index in [-0.39, 0.29) is 16.1 Å². The van der Waals surface area contributed by atoms with Crippen molar-refractivity contribution in [2.45, 2.75) is 0 Å². The largest absolute Gasteiger partial charge is 0.476 e. The number of rotatable bonds is 1. The number of fused-ring (bicyclic) bond motifs is 1. The van der Waals surface area contributed by atoms with E-state index in [1.807, 2.05) is 0 Å². The predicted octanol–water partition coefficient (Wildman–Crippen LogP) is 2.05. The van der Waals surface area contributed by atoms with E-state index in [1.165, 1.54) is 6.07 Å². The minimum Gasteiger partial charge on any atom is -0.476 e. The van der Waals surface area contributed by atoms with Crippen LogP contribution in [0.3, 0.4) is 0 Å². The summed E-state index contributed by atoms with van der Waals surface area (Å²) in [6.45, 7) is 0. The molecular formula is C8H4ClFN2O2. The Labute approximate surface area is 82.3 Å². The van der Waals surface area contributed by atoms with Crippen molar-refractivity contribution < 1.29 is 14.3 Å². The first-order valence-corrected chi connectivity index (χ1v) is 4.04. The summed E-state index contributed by atoms with van der Waals surface area (Å²) in [5.74, 6) is -1.91. The van der Waals surface area contributed by atoms with Gasteiger partial charge in [-0.15, -0.1) is 0 Å². The summed E-state index contributed by atoms with van der Waals surface area (Å²) >= 11 is 5.62. The molecular weight excluding hydrogens is 211 g/mol. The van der Waals surface area contributed by atoms with Gasteiger partial charge in [0.1, 0.15) is 5.82 Å². The number of halogens is 2. The quantitative estimate of drug-likeness (QED) is 0.764. The van der Waals surface area contributed by atoms with Gasteiger partial charge in [0.15, 0.2) is 5.69 Å². The molecule has 0 unspecified atom stereocenters. The molecule has 1 heterocycles. The number of carboxylic acids is 1. The molecule has 72 valence electrons. The highest BCUT2D eigenvalue weighted by molar-refractivity contribution is 6.36. The zero-order chi connectivity index (χ0) is 10.3. The van der Waals surface area contributed by atoms with E-state index in [0.717, 1.165) is 6.07 Å². The van der Waals surface area contributed by atoms with Crippen LogP contribution >= 0.6 is 11.6 Å². The van der Waals surface area contributed by atoms with Crippen molar-refractivity contribution in [3.05, 3.63) is 28.7 Å². The number of aromatic nitrogens is 2. The number of aromatic carboxylic acids is 1. The second-order valence-corrected chi connectivity index (χ2v) is 3.04. The third-order valence-corrected chi connectivity index (χ3v) is 2.19. The van der Waals surface area contributed by atoms with Crippen molar-refractivity contribution >= 4 is 28.5 Å². The van der Waals surface area contributed by atoms with Crippen LogP contribution in [0.1, 0.15) is 10.5 Å². The van der Waals surface area contributed by atoms with Crippen LogP contribution in [-0.2, 0) is 0 Å². The second-order valence-electron chi connectivity index (χ2n) is 2.66. The predicted molar refractivity (Wildman–Crippen MR) is 48.0 cm³/mol. The molecule has 2 rings (SSSR count). The lowest BCUT2D eigenvalue weighted by Crippen LogP contribution is -1.97. The van der Waals surface area contributed by atoms with Gasteiger partial charge in [0.25, 0.3) is 0 Å². The molecule has 0 aliphatic rings. The number of hydrogen-bond acceptors (Lipinski definition) is 2. The normalized spacial score (nSPS) is 10.7. The van der Waals surface area contributed by atoms with Crippen molar-refractivity contribution in [3.63, 3.8) is 0 Å². The van der Waals surface area contributed by atoms with Crippen LogP contribution in [0.25, 0.3) is 10.9 Å². The Balaban J connectivity index is 2.89. The Morgan fingerprint density at radius 3 is 2.93 bits per heavy atom.